The van der Waals surface area contributed by atoms with Crippen molar-refractivity contribution in [3.05, 3.63) is 29.8 Å². The fourth-order valence-corrected chi connectivity index (χ4v) is 2.00. The fourth-order valence-electron chi connectivity index (χ4n) is 2.00. The molecule has 0 saturated carbocycles. The molecule has 1 atom stereocenters. The number of anilines is 1. The van der Waals surface area contributed by atoms with Crippen molar-refractivity contribution in [3.8, 4) is 0 Å². The second-order valence-electron chi connectivity index (χ2n) is 4.82. The molecule has 1 aromatic carbocycles. The Bertz CT molecular complexity index is 377. The Morgan fingerprint density at radius 1 is 1.33 bits per heavy atom. The first-order chi connectivity index (χ1) is 8.63. The largest absolute Gasteiger partial charge is 0.374 e. The van der Waals surface area contributed by atoms with Gasteiger partial charge in [0.1, 0.15) is 6.04 Å². The van der Waals surface area contributed by atoms with Crippen molar-refractivity contribution in [2.45, 2.75) is 52.0 Å². The van der Waals surface area contributed by atoms with Crippen LogP contribution in [0.2, 0.25) is 0 Å². The number of benzene rings is 1. The summed E-state index contributed by atoms with van der Waals surface area (Å²) in [6, 6.07) is 7.75. The molecule has 0 aliphatic heterocycles. The van der Waals surface area contributed by atoms with Gasteiger partial charge in [-0.1, -0.05) is 44.7 Å². The Hall–Kier alpha value is -1.51. The molecule has 3 heteroatoms. The van der Waals surface area contributed by atoms with Gasteiger partial charge >= 0.3 is 0 Å². The van der Waals surface area contributed by atoms with Crippen LogP contribution in [-0.4, -0.2) is 11.9 Å². The molecule has 1 amide bonds. The average molecular weight is 248 g/mol. The number of carbonyl (C=O) groups excluding carboxylic acids is 1. The highest BCUT2D eigenvalue weighted by Crippen LogP contribution is 2.14. The summed E-state index contributed by atoms with van der Waals surface area (Å²) in [4.78, 5) is 11.4. The number of carbonyl (C=O) groups is 1. The monoisotopic (exact) mass is 248 g/mol. The predicted molar refractivity (Wildman–Crippen MR) is 76.5 cm³/mol. The van der Waals surface area contributed by atoms with E-state index in [1.54, 1.807) is 0 Å². The minimum Gasteiger partial charge on any atom is -0.374 e. The lowest BCUT2D eigenvalue weighted by Gasteiger charge is -2.17. The SMILES string of the molecule is CCCCCCC(Nc1cccc(C)c1)C(N)=O. The van der Waals surface area contributed by atoms with Crippen LogP contribution in [0.5, 0.6) is 0 Å². The second-order valence-corrected chi connectivity index (χ2v) is 4.82. The molecule has 100 valence electrons. The standard InChI is InChI=1S/C15H24N2O/c1-3-4-5-6-10-14(15(16)18)17-13-9-7-8-12(2)11-13/h7-9,11,14,17H,3-6,10H2,1-2H3,(H2,16,18). The maximum atomic E-state index is 11.4. The van der Waals surface area contributed by atoms with Crippen LogP contribution >= 0.6 is 0 Å². The highest BCUT2D eigenvalue weighted by atomic mass is 16.1. The molecule has 0 aliphatic carbocycles. The molecule has 1 aromatic rings. The number of nitrogens with one attached hydrogen (secondary N) is 1. The Kier molecular flexibility index (Phi) is 6.26. The third-order valence-electron chi connectivity index (χ3n) is 3.05. The van der Waals surface area contributed by atoms with Crippen molar-refractivity contribution in [1.82, 2.24) is 0 Å². The van der Waals surface area contributed by atoms with Crippen molar-refractivity contribution in [1.29, 1.82) is 0 Å². The summed E-state index contributed by atoms with van der Waals surface area (Å²) in [5, 5.41) is 3.22. The molecule has 3 nitrogen and oxygen atoms in total. The van der Waals surface area contributed by atoms with Crippen LogP contribution < -0.4 is 11.1 Å². The zero-order valence-corrected chi connectivity index (χ0v) is 11.4. The number of hydrogen-bond acceptors (Lipinski definition) is 2. The van der Waals surface area contributed by atoms with Crippen molar-refractivity contribution >= 4 is 11.6 Å². The number of rotatable bonds is 8. The molecule has 0 heterocycles. The normalized spacial score (nSPS) is 12.1. The number of hydrogen-bond donors (Lipinski definition) is 2. The Labute approximate surface area is 110 Å². The van der Waals surface area contributed by atoms with Gasteiger partial charge in [0.15, 0.2) is 0 Å². The molecule has 0 aliphatic rings. The van der Waals surface area contributed by atoms with Gasteiger partial charge in [0.2, 0.25) is 5.91 Å². The van der Waals surface area contributed by atoms with Gasteiger partial charge in [-0.05, 0) is 31.0 Å². The summed E-state index contributed by atoms with van der Waals surface area (Å²) in [7, 11) is 0. The molecule has 0 spiro atoms. The Balaban J connectivity index is 2.50. The van der Waals surface area contributed by atoms with Crippen LogP contribution in [0.15, 0.2) is 24.3 Å². The van der Waals surface area contributed by atoms with E-state index in [1.165, 1.54) is 18.4 Å². The molecule has 0 radical (unpaired) electrons. The number of aryl methyl sites for hydroxylation is 1. The lowest BCUT2D eigenvalue weighted by Crippen LogP contribution is -2.35. The van der Waals surface area contributed by atoms with Crippen molar-refractivity contribution in [2.75, 3.05) is 5.32 Å². The third-order valence-corrected chi connectivity index (χ3v) is 3.05. The van der Waals surface area contributed by atoms with E-state index in [4.69, 9.17) is 5.73 Å². The average Bonchev–Trinajstić information content (AvgIpc) is 2.33. The Morgan fingerprint density at radius 2 is 2.11 bits per heavy atom. The van der Waals surface area contributed by atoms with Crippen LogP contribution in [0.4, 0.5) is 5.69 Å². The summed E-state index contributed by atoms with van der Waals surface area (Å²) >= 11 is 0. The molecule has 18 heavy (non-hydrogen) atoms. The summed E-state index contributed by atoms with van der Waals surface area (Å²) in [6.45, 7) is 4.21. The van der Waals surface area contributed by atoms with E-state index in [2.05, 4.69) is 12.2 Å². The highest BCUT2D eigenvalue weighted by Gasteiger charge is 2.14. The summed E-state index contributed by atoms with van der Waals surface area (Å²) in [6.07, 6.45) is 5.43. The van der Waals surface area contributed by atoms with Gasteiger partial charge in [-0.25, -0.2) is 0 Å². The molecular weight excluding hydrogens is 224 g/mol. The number of amides is 1. The molecule has 1 rings (SSSR count). The van der Waals surface area contributed by atoms with Gasteiger partial charge in [-0.2, -0.15) is 0 Å². The first-order valence-electron chi connectivity index (χ1n) is 6.76. The third kappa shape index (κ3) is 5.21. The zero-order valence-electron chi connectivity index (χ0n) is 11.4. The maximum Gasteiger partial charge on any atom is 0.239 e. The van der Waals surface area contributed by atoms with E-state index < -0.39 is 0 Å². The van der Waals surface area contributed by atoms with Crippen LogP contribution in [0.3, 0.4) is 0 Å². The smallest absolute Gasteiger partial charge is 0.239 e. The van der Waals surface area contributed by atoms with E-state index in [1.807, 2.05) is 31.2 Å². The fraction of sp³-hybridized carbons (Fsp3) is 0.533. The maximum absolute atomic E-state index is 11.4. The molecule has 0 aromatic heterocycles. The van der Waals surface area contributed by atoms with Gasteiger partial charge in [0, 0.05) is 5.69 Å². The van der Waals surface area contributed by atoms with Gasteiger partial charge in [0.05, 0.1) is 0 Å². The van der Waals surface area contributed by atoms with E-state index >= 15 is 0 Å². The summed E-state index contributed by atoms with van der Waals surface area (Å²) in [5.74, 6) is -0.270. The van der Waals surface area contributed by atoms with Gasteiger partial charge in [-0.15, -0.1) is 0 Å². The first-order valence-corrected chi connectivity index (χ1v) is 6.76. The predicted octanol–water partition coefficient (Wildman–Crippen LogP) is 3.23. The van der Waals surface area contributed by atoms with E-state index in [-0.39, 0.29) is 11.9 Å². The lowest BCUT2D eigenvalue weighted by molar-refractivity contribution is -0.118. The van der Waals surface area contributed by atoms with Crippen LogP contribution in [0, 0.1) is 6.92 Å². The van der Waals surface area contributed by atoms with Gasteiger partial charge in [-0.3, -0.25) is 4.79 Å². The molecule has 1 unspecified atom stereocenters. The van der Waals surface area contributed by atoms with E-state index in [9.17, 15) is 4.79 Å². The number of nitrogens with two attached hydrogens (primary N) is 1. The minimum atomic E-state index is -0.270. The molecule has 0 fully saturated rings. The van der Waals surface area contributed by atoms with Crippen LogP contribution in [-0.2, 0) is 4.79 Å². The van der Waals surface area contributed by atoms with E-state index in [0.29, 0.717) is 0 Å². The van der Waals surface area contributed by atoms with Crippen molar-refractivity contribution in [2.24, 2.45) is 5.73 Å². The van der Waals surface area contributed by atoms with Gasteiger partial charge < -0.3 is 11.1 Å². The zero-order chi connectivity index (χ0) is 13.4. The minimum absolute atomic E-state index is 0.261. The van der Waals surface area contributed by atoms with Crippen LogP contribution in [0.25, 0.3) is 0 Å². The second kappa shape index (κ2) is 7.75. The number of unbranched alkanes of at least 4 members (excludes halogenated alkanes) is 3. The summed E-state index contributed by atoms with van der Waals surface area (Å²) < 4.78 is 0. The lowest BCUT2D eigenvalue weighted by atomic mass is 10.1. The molecule has 3 N–H and O–H groups in total. The van der Waals surface area contributed by atoms with E-state index in [0.717, 1.165) is 24.9 Å². The number of primary amides is 1. The van der Waals surface area contributed by atoms with Crippen molar-refractivity contribution in [3.63, 3.8) is 0 Å². The van der Waals surface area contributed by atoms with Crippen molar-refractivity contribution < 1.29 is 4.79 Å². The topological polar surface area (TPSA) is 55.1 Å². The quantitative estimate of drug-likeness (QED) is 0.694. The summed E-state index contributed by atoms with van der Waals surface area (Å²) in [5.41, 5.74) is 7.58. The van der Waals surface area contributed by atoms with Crippen LogP contribution in [0.1, 0.15) is 44.6 Å². The molecular formula is C15H24N2O. The highest BCUT2D eigenvalue weighted by molar-refractivity contribution is 5.82. The van der Waals surface area contributed by atoms with Gasteiger partial charge in [0.25, 0.3) is 0 Å². The Morgan fingerprint density at radius 3 is 2.72 bits per heavy atom. The molecule has 0 bridgehead atoms. The molecule has 0 saturated heterocycles. The first kappa shape index (κ1) is 14.6.